The number of esters is 1. The Morgan fingerprint density at radius 1 is 1.16 bits per heavy atom. The van der Waals surface area contributed by atoms with Crippen molar-refractivity contribution in [3.63, 3.8) is 0 Å². The molecular formula is C24H27N3O5. The number of hydrogen-bond donors (Lipinski definition) is 2. The highest BCUT2D eigenvalue weighted by molar-refractivity contribution is 5.83. The number of allylic oxidation sites excluding steroid dienone is 2. The summed E-state index contributed by atoms with van der Waals surface area (Å²) < 4.78 is 4.82. The van der Waals surface area contributed by atoms with Crippen LogP contribution in [0.25, 0.3) is 17.0 Å². The first kappa shape index (κ1) is 23.1. The molecule has 3 rings (SSSR count). The lowest BCUT2D eigenvalue weighted by Crippen LogP contribution is -2.38. The van der Waals surface area contributed by atoms with Gasteiger partial charge in [-0.15, -0.1) is 0 Å². The summed E-state index contributed by atoms with van der Waals surface area (Å²) in [5.41, 5.74) is 3.93. The minimum Gasteiger partial charge on any atom is -0.480 e. The van der Waals surface area contributed by atoms with E-state index in [0.29, 0.717) is 18.7 Å². The third-order valence-electron chi connectivity index (χ3n) is 5.57. The zero-order chi connectivity index (χ0) is 23.1. The number of benzene rings is 1. The number of carbonyl (C=O) groups excluding carboxylic acids is 2. The van der Waals surface area contributed by atoms with Crippen molar-refractivity contribution >= 4 is 23.4 Å². The lowest BCUT2D eigenvalue weighted by molar-refractivity contribution is -0.145. The Morgan fingerprint density at radius 3 is 2.41 bits per heavy atom. The molecule has 2 N–H and O–H groups in total. The van der Waals surface area contributed by atoms with Crippen molar-refractivity contribution in [2.75, 3.05) is 7.11 Å². The number of amides is 1. The van der Waals surface area contributed by atoms with Crippen LogP contribution in [-0.4, -0.2) is 46.1 Å². The molecule has 0 fully saturated rings. The van der Waals surface area contributed by atoms with E-state index in [1.807, 2.05) is 24.3 Å². The van der Waals surface area contributed by atoms with E-state index < -0.39 is 12.0 Å². The monoisotopic (exact) mass is 437 g/mol. The van der Waals surface area contributed by atoms with Gasteiger partial charge in [-0.05, 0) is 43.7 Å². The van der Waals surface area contributed by atoms with Crippen molar-refractivity contribution in [1.29, 1.82) is 0 Å². The van der Waals surface area contributed by atoms with Gasteiger partial charge in [-0.25, -0.2) is 9.97 Å². The molecule has 1 aromatic carbocycles. The average Bonchev–Trinajstić information content (AvgIpc) is 2.82. The summed E-state index contributed by atoms with van der Waals surface area (Å²) >= 11 is 0. The zero-order valence-electron chi connectivity index (χ0n) is 18.2. The second-order valence-electron chi connectivity index (χ2n) is 7.84. The van der Waals surface area contributed by atoms with Crippen LogP contribution in [-0.2, 0) is 25.5 Å². The van der Waals surface area contributed by atoms with Gasteiger partial charge < -0.3 is 15.2 Å². The first-order valence-corrected chi connectivity index (χ1v) is 10.6. The Hall–Kier alpha value is -3.55. The Balaban J connectivity index is 1.56. The van der Waals surface area contributed by atoms with Crippen LogP contribution >= 0.6 is 0 Å². The number of rotatable bonds is 8. The highest BCUT2D eigenvalue weighted by atomic mass is 16.5. The van der Waals surface area contributed by atoms with Crippen molar-refractivity contribution in [1.82, 2.24) is 15.3 Å². The Morgan fingerprint density at radius 2 is 1.84 bits per heavy atom. The molecule has 168 valence electrons. The molecule has 0 saturated heterocycles. The van der Waals surface area contributed by atoms with Crippen LogP contribution in [0, 0.1) is 5.92 Å². The molecular weight excluding hydrogens is 410 g/mol. The number of hydrogen-bond acceptors (Lipinski definition) is 6. The van der Waals surface area contributed by atoms with E-state index in [2.05, 4.69) is 21.4 Å². The van der Waals surface area contributed by atoms with Gasteiger partial charge in [0.2, 0.25) is 5.91 Å². The molecule has 0 saturated carbocycles. The second kappa shape index (κ2) is 10.7. The number of methoxy groups -OCH3 is 1. The van der Waals surface area contributed by atoms with Gasteiger partial charge in [0, 0.05) is 29.9 Å². The topological polar surface area (TPSA) is 118 Å². The van der Waals surface area contributed by atoms with E-state index in [9.17, 15) is 14.4 Å². The van der Waals surface area contributed by atoms with E-state index >= 15 is 0 Å². The number of carboxylic acids is 1. The summed E-state index contributed by atoms with van der Waals surface area (Å²) in [6, 6.07) is 6.74. The van der Waals surface area contributed by atoms with Crippen LogP contribution in [0.4, 0.5) is 0 Å². The maximum absolute atomic E-state index is 11.8. The lowest BCUT2D eigenvalue weighted by atomic mass is 9.87. The van der Waals surface area contributed by atoms with Gasteiger partial charge in [0.25, 0.3) is 0 Å². The molecule has 2 unspecified atom stereocenters. The molecule has 1 heterocycles. The zero-order valence-corrected chi connectivity index (χ0v) is 18.2. The van der Waals surface area contributed by atoms with Crippen LogP contribution in [0.5, 0.6) is 0 Å². The maximum Gasteiger partial charge on any atom is 0.325 e. The molecule has 32 heavy (non-hydrogen) atoms. The van der Waals surface area contributed by atoms with E-state index in [4.69, 9.17) is 9.84 Å². The summed E-state index contributed by atoms with van der Waals surface area (Å²) in [7, 11) is 1.42. The summed E-state index contributed by atoms with van der Waals surface area (Å²) in [6.07, 6.45) is 8.60. The van der Waals surface area contributed by atoms with Crippen molar-refractivity contribution in [2.24, 2.45) is 5.92 Å². The number of ether oxygens (including phenoxy) is 1. The second-order valence-corrected chi connectivity index (χ2v) is 7.84. The largest absolute Gasteiger partial charge is 0.480 e. The Bertz CT molecular complexity index is 999. The summed E-state index contributed by atoms with van der Waals surface area (Å²) in [6.45, 7) is 1.43. The molecule has 1 amide bonds. The van der Waals surface area contributed by atoms with Crippen LogP contribution in [0.3, 0.4) is 0 Å². The fourth-order valence-electron chi connectivity index (χ4n) is 3.57. The molecule has 1 aliphatic carbocycles. The number of carbonyl (C=O) groups is 3. The van der Waals surface area contributed by atoms with Gasteiger partial charge in [-0.1, -0.05) is 30.3 Å². The molecule has 1 aromatic heterocycles. The number of aryl methyl sites for hydroxylation is 1. The van der Waals surface area contributed by atoms with Crippen LogP contribution in [0.15, 0.2) is 42.7 Å². The molecule has 8 heteroatoms. The number of carboxylic acid groups (broad SMARTS) is 1. The van der Waals surface area contributed by atoms with Crippen molar-refractivity contribution in [3.05, 3.63) is 53.9 Å². The van der Waals surface area contributed by atoms with Crippen molar-refractivity contribution in [2.45, 2.75) is 45.1 Å². The summed E-state index contributed by atoms with van der Waals surface area (Å²) in [4.78, 5) is 43.2. The molecule has 0 bridgehead atoms. The Kier molecular flexibility index (Phi) is 7.70. The van der Waals surface area contributed by atoms with E-state index in [-0.39, 0.29) is 24.2 Å². The van der Waals surface area contributed by atoms with E-state index in [1.165, 1.54) is 14.0 Å². The standard InChI is InChI=1S/C24H27N3O5/c1-15(23(29)30)27-21(28)12-5-16-3-6-18(7-4-16)22-25-13-20(14-26-22)17-8-10-19(11-9-17)24(31)32-2/h3-4,6-8,13-15,19H,5,9-12H2,1-2H3,(H,27,28)(H,29,30). The van der Waals surface area contributed by atoms with Gasteiger partial charge in [-0.3, -0.25) is 14.4 Å². The van der Waals surface area contributed by atoms with Gasteiger partial charge >= 0.3 is 11.9 Å². The SMILES string of the molecule is COC(=O)C1CC=C(c2cnc(-c3ccc(CCC(=O)NC(C)C(=O)O)cc3)nc2)CC1. The van der Waals surface area contributed by atoms with Crippen LogP contribution < -0.4 is 5.32 Å². The highest BCUT2D eigenvalue weighted by Crippen LogP contribution is 2.30. The third kappa shape index (κ3) is 6.00. The molecule has 0 radical (unpaired) electrons. The number of nitrogens with one attached hydrogen (secondary N) is 1. The number of aliphatic carboxylic acids is 1. The van der Waals surface area contributed by atoms with Gasteiger partial charge in [0.15, 0.2) is 5.82 Å². The molecule has 8 nitrogen and oxygen atoms in total. The fourth-order valence-corrected chi connectivity index (χ4v) is 3.57. The minimum atomic E-state index is -1.06. The third-order valence-corrected chi connectivity index (χ3v) is 5.57. The predicted molar refractivity (Wildman–Crippen MR) is 118 cm³/mol. The van der Waals surface area contributed by atoms with Gasteiger partial charge in [0.05, 0.1) is 13.0 Å². The van der Waals surface area contributed by atoms with Crippen molar-refractivity contribution in [3.8, 4) is 11.4 Å². The van der Waals surface area contributed by atoms with E-state index in [0.717, 1.165) is 35.1 Å². The molecule has 2 aromatic rings. The van der Waals surface area contributed by atoms with Crippen LogP contribution in [0.2, 0.25) is 0 Å². The quantitative estimate of drug-likeness (QED) is 0.609. The average molecular weight is 437 g/mol. The summed E-state index contributed by atoms with van der Waals surface area (Å²) in [5, 5.41) is 11.3. The number of nitrogens with zero attached hydrogens (tertiary/aromatic N) is 2. The smallest absolute Gasteiger partial charge is 0.325 e. The highest BCUT2D eigenvalue weighted by Gasteiger charge is 2.22. The predicted octanol–water partition coefficient (Wildman–Crippen LogP) is 3.02. The normalized spacial score (nSPS) is 16.6. The molecule has 2 atom stereocenters. The first-order valence-electron chi connectivity index (χ1n) is 10.6. The first-order chi connectivity index (χ1) is 15.4. The van der Waals surface area contributed by atoms with E-state index in [1.54, 1.807) is 12.4 Å². The Labute approximate surface area is 186 Å². The fraction of sp³-hybridized carbons (Fsp3) is 0.375. The molecule has 1 aliphatic rings. The maximum atomic E-state index is 11.8. The molecule has 0 spiro atoms. The van der Waals surface area contributed by atoms with Gasteiger partial charge in [-0.2, -0.15) is 0 Å². The lowest BCUT2D eigenvalue weighted by Gasteiger charge is -2.19. The van der Waals surface area contributed by atoms with Crippen LogP contribution in [0.1, 0.15) is 43.7 Å². The minimum absolute atomic E-state index is 0.0749. The molecule has 0 aliphatic heterocycles. The van der Waals surface area contributed by atoms with Gasteiger partial charge in [0.1, 0.15) is 6.04 Å². The summed E-state index contributed by atoms with van der Waals surface area (Å²) in [5.74, 6) is -0.978. The van der Waals surface area contributed by atoms with Crippen molar-refractivity contribution < 1.29 is 24.2 Å². The number of aromatic nitrogens is 2.